The Labute approximate surface area is 181 Å². The normalized spacial score (nSPS) is 11.4. The smallest absolute Gasteiger partial charge is 0.253 e. The number of para-hydroxylation sites is 1. The fourth-order valence-electron chi connectivity index (χ4n) is 3.12. The molecule has 3 aromatic carbocycles. The lowest BCUT2D eigenvalue weighted by Crippen LogP contribution is -2.33. The van der Waals surface area contributed by atoms with Crippen molar-refractivity contribution >= 4 is 23.4 Å². The van der Waals surface area contributed by atoms with E-state index in [1.807, 2.05) is 54.6 Å². The molecule has 0 aliphatic rings. The molecular weight excluding hydrogens is 400 g/mol. The number of rotatable bonds is 8. The van der Waals surface area contributed by atoms with Gasteiger partial charge in [0.2, 0.25) is 5.91 Å². The van der Waals surface area contributed by atoms with Crippen LogP contribution in [0.2, 0.25) is 5.02 Å². The van der Waals surface area contributed by atoms with Crippen molar-refractivity contribution in [3.8, 4) is 5.75 Å². The SMILES string of the molecule is COc1ccccc1CNC(=O)C[C@@H](NC(=O)c1ccccc1Cl)c1ccccc1. The first kappa shape index (κ1) is 21.4. The quantitative estimate of drug-likeness (QED) is 0.560. The van der Waals surface area contributed by atoms with Gasteiger partial charge in [-0.25, -0.2) is 0 Å². The minimum absolute atomic E-state index is 0.0926. The van der Waals surface area contributed by atoms with Crippen molar-refractivity contribution in [3.05, 3.63) is 101 Å². The van der Waals surface area contributed by atoms with E-state index in [2.05, 4.69) is 10.6 Å². The number of amides is 2. The van der Waals surface area contributed by atoms with Gasteiger partial charge in [-0.1, -0.05) is 72.3 Å². The lowest BCUT2D eigenvalue weighted by atomic mass is 10.0. The number of benzene rings is 3. The highest BCUT2D eigenvalue weighted by atomic mass is 35.5. The molecule has 1 atom stereocenters. The monoisotopic (exact) mass is 422 g/mol. The van der Waals surface area contributed by atoms with Gasteiger partial charge in [0.1, 0.15) is 5.75 Å². The third-order valence-electron chi connectivity index (χ3n) is 4.68. The molecule has 0 unspecified atom stereocenters. The summed E-state index contributed by atoms with van der Waals surface area (Å²) in [5.41, 5.74) is 2.09. The minimum Gasteiger partial charge on any atom is -0.496 e. The molecule has 6 heteroatoms. The van der Waals surface area contributed by atoms with Crippen LogP contribution in [0.3, 0.4) is 0 Å². The average molecular weight is 423 g/mol. The molecule has 0 saturated heterocycles. The summed E-state index contributed by atoms with van der Waals surface area (Å²) in [6.45, 7) is 0.336. The highest BCUT2D eigenvalue weighted by Crippen LogP contribution is 2.21. The molecule has 5 nitrogen and oxygen atoms in total. The summed E-state index contributed by atoms with van der Waals surface area (Å²) >= 11 is 6.15. The Balaban J connectivity index is 1.71. The second kappa shape index (κ2) is 10.5. The number of carbonyl (C=O) groups excluding carboxylic acids is 2. The fraction of sp³-hybridized carbons (Fsp3) is 0.167. The van der Waals surface area contributed by atoms with E-state index in [4.69, 9.17) is 16.3 Å². The Morgan fingerprint density at radius 1 is 0.933 bits per heavy atom. The van der Waals surface area contributed by atoms with Crippen LogP contribution in [-0.4, -0.2) is 18.9 Å². The van der Waals surface area contributed by atoms with E-state index < -0.39 is 6.04 Å². The van der Waals surface area contributed by atoms with Crippen molar-refractivity contribution in [1.82, 2.24) is 10.6 Å². The molecular formula is C24H23ClN2O3. The number of hydrogen-bond donors (Lipinski definition) is 2. The summed E-state index contributed by atoms with van der Waals surface area (Å²) in [5.74, 6) is 0.200. The summed E-state index contributed by atoms with van der Waals surface area (Å²) < 4.78 is 5.32. The Morgan fingerprint density at radius 2 is 1.60 bits per heavy atom. The van der Waals surface area contributed by atoms with E-state index in [0.29, 0.717) is 22.9 Å². The molecule has 0 fully saturated rings. The van der Waals surface area contributed by atoms with Crippen LogP contribution < -0.4 is 15.4 Å². The number of ether oxygens (including phenoxy) is 1. The molecule has 3 aromatic rings. The average Bonchev–Trinajstić information content (AvgIpc) is 2.78. The van der Waals surface area contributed by atoms with Crippen LogP contribution in [0.5, 0.6) is 5.75 Å². The van der Waals surface area contributed by atoms with Crippen LogP contribution in [0.15, 0.2) is 78.9 Å². The Bertz CT molecular complexity index is 1010. The first-order valence-electron chi connectivity index (χ1n) is 9.57. The Hall–Kier alpha value is -3.31. The van der Waals surface area contributed by atoms with Crippen molar-refractivity contribution in [2.45, 2.75) is 19.0 Å². The van der Waals surface area contributed by atoms with Gasteiger partial charge in [0.25, 0.3) is 5.91 Å². The fourth-order valence-corrected chi connectivity index (χ4v) is 3.34. The lowest BCUT2D eigenvalue weighted by molar-refractivity contribution is -0.121. The van der Waals surface area contributed by atoms with E-state index in [1.54, 1.807) is 31.4 Å². The van der Waals surface area contributed by atoms with Gasteiger partial charge in [-0.3, -0.25) is 9.59 Å². The van der Waals surface area contributed by atoms with Gasteiger partial charge in [-0.05, 0) is 23.8 Å². The zero-order chi connectivity index (χ0) is 21.3. The molecule has 0 bridgehead atoms. The lowest BCUT2D eigenvalue weighted by Gasteiger charge is -2.20. The minimum atomic E-state index is -0.493. The molecule has 0 aliphatic heterocycles. The van der Waals surface area contributed by atoms with Crippen molar-refractivity contribution in [3.63, 3.8) is 0 Å². The maximum absolute atomic E-state index is 12.7. The molecule has 0 aliphatic carbocycles. The largest absolute Gasteiger partial charge is 0.496 e. The maximum atomic E-state index is 12.7. The second-order valence-corrected chi connectivity index (χ2v) is 7.12. The van der Waals surface area contributed by atoms with Crippen LogP contribution in [0.4, 0.5) is 0 Å². The van der Waals surface area contributed by atoms with Gasteiger partial charge < -0.3 is 15.4 Å². The number of hydrogen-bond acceptors (Lipinski definition) is 3. The van der Waals surface area contributed by atoms with E-state index in [0.717, 1.165) is 11.1 Å². The highest BCUT2D eigenvalue weighted by molar-refractivity contribution is 6.33. The van der Waals surface area contributed by atoms with Gasteiger partial charge in [0.05, 0.1) is 30.2 Å². The van der Waals surface area contributed by atoms with Crippen molar-refractivity contribution in [2.24, 2.45) is 0 Å². The molecule has 0 aromatic heterocycles. The Kier molecular flexibility index (Phi) is 7.46. The Morgan fingerprint density at radius 3 is 2.33 bits per heavy atom. The predicted molar refractivity (Wildman–Crippen MR) is 118 cm³/mol. The summed E-state index contributed by atoms with van der Waals surface area (Å²) in [6, 6.07) is 23.2. The third-order valence-corrected chi connectivity index (χ3v) is 5.01. The molecule has 30 heavy (non-hydrogen) atoms. The standard InChI is InChI=1S/C24H23ClN2O3/c1-30-22-14-8-5-11-18(22)16-26-23(28)15-21(17-9-3-2-4-10-17)27-24(29)19-12-6-7-13-20(19)25/h2-14,21H,15-16H2,1H3,(H,26,28)(H,27,29)/t21-/m1/s1. The van der Waals surface area contributed by atoms with Crippen LogP contribution in [-0.2, 0) is 11.3 Å². The molecule has 0 radical (unpaired) electrons. The number of carbonyl (C=O) groups is 2. The summed E-state index contributed by atoms with van der Waals surface area (Å²) in [4.78, 5) is 25.4. The molecule has 3 rings (SSSR count). The first-order valence-corrected chi connectivity index (χ1v) is 9.95. The molecule has 0 spiro atoms. The van der Waals surface area contributed by atoms with Gasteiger partial charge in [-0.15, -0.1) is 0 Å². The number of methoxy groups -OCH3 is 1. The van der Waals surface area contributed by atoms with Crippen LogP contribution in [0, 0.1) is 0 Å². The van der Waals surface area contributed by atoms with Crippen LogP contribution in [0.25, 0.3) is 0 Å². The molecule has 154 valence electrons. The van der Waals surface area contributed by atoms with Gasteiger partial charge in [0, 0.05) is 12.1 Å². The summed E-state index contributed by atoms with van der Waals surface area (Å²) in [7, 11) is 1.59. The molecule has 2 amide bonds. The van der Waals surface area contributed by atoms with E-state index >= 15 is 0 Å². The highest BCUT2D eigenvalue weighted by Gasteiger charge is 2.20. The van der Waals surface area contributed by atoms with Gasteiger partial charge in [0.15, 0.2) is 0 Å². The summed E-state index contributed by atoms with van der Waals surface area (Å²) in [5, 5.41) is 6.20. The maximum Gasteiger partial charge on any atom is 0.253 e. The second-order valence-electron chi connectivity index (χ2n) is 6.71. The number of halogens is 1. The van der Waals surface area contributed by atoms with Gasteiger partial charge in [-0.2, -0.15) is 0 Å². The zero-order valence-electron chi connectivity index (χ0n) is 16.6. The van der Waals surface area contributed by atoms with E-state index in [9.17, 15) is 9.59 Å². The predicted octanol–water partition coefficient (Wildman–Crippen LogP) is 4.53. The van der Waals surface area contributed by atoms with E-state index in [-0.39, 0.29) is 18.2 Å². The van der Waals surface area contributed by atoms with Crippen LogP contribution >= 0.6 is 11.6 Å². The zero-order valence-corrected chi connectivity index (χ0v) is 17.4. The van der Waals surface area contributed by atoms with E-state index in [1.165, 1.54) is 0 Å². The van der Waals surface area contributed by atoms with Crippen molar-refractivity contribution < 1.29 is 14.3 Å². The topological polar surface area (TPSA) is 67.4 Å². The summed E-state index contributed by atoms with van der Waals surface area (Å²) in [6.07, 6.45) is 0.0926. The first-order chi connectivity index (χ1) is 14.6. The molecule has 0 heterocycles. The molecule has 0 saturated carbocycles. The third kappa shape index (κ3) is 5.61. The molecule has 2 N–H and O–H groups in total. The van der Waals surface area contributed by atoms with Crippen molar-refractivity contribution in [1.29, 1.82) is 0 Å². The number of nitrogens with one attached hydrogen (secondary N) is 2. The van der Waals surface area contributed by atoms with Crippen LogP contribution in [0.1, 0.15) is 33.9 Å². The van der Waals surface area contributed by atoms with Gasteiger partial charge >= 0.3 is 0 Å². The van der Waals surface area contributed by atoms with Crippen molar-refractivity contribution in [2.75, 3.05) is 7.11 Å².